The SMILES string of the molecule is Cc1ccc(CN(C(=O)CCc2ccc(C(C)C)cc2)C(Cc2ccccc2)C(=O)NCC(C)C)cc1. The number of benzene rings is 3. The standard InChI is InChI=1S/C33H42N2O2/c1-24(2)22-34-33(37)31(21-28-9-7-6-8-10-28)35(23-29-13-11-26(5)12-14-29)32(36)20-17-27-15-18-30(19-16-27)25(3)4/h6-16,18-19,24-25,31H,17,20-23H2,1-5H3,(H,34,37). The molecule has 0 spiro atoms. The van der Waals surface area contributed by atoms with Crippen molar-refractivity contribution in [2.75, 3.05) is 6.54 Å². The van der Waals surface area contributed by atoms with Crippen LogP contribution in [0.4, 0.5) is 0 Å². The van der Waals surface area contributed by atoms with Gasteiger partial charge in [-0.15, -0.1) is 0 Å². The normalized spacial score (nSPS) is 12.0. The second-order valence-corrected chi connectivity index (χ2v) is 10.7. The van der Waals surface area contributed by atoms with Crippen LogP contribution in [0.3, 0.4) is 0 Å². The molecule has 1 N–H and O–H groups in total. The molecule has 0 bridgehead atoms. The lowest BCUT2D eigenvalue weighted by Crippen LogP contribution is -2.51. The monoisotopic (exact) mass is 498 g/mol. The fourth-order valence-corrected chi connectivity index (χ4v) is 4.33. The van der Waals surface area contributed by atoms with Crippen LogP contribution in [0.2, 0.25) is 0 Å². The van der Waals surface area contributed by atoms with E-state index in [1.54, 1.807) is 4.90 Å². The molecule has 3 aromatic carbocycles. The zero-order valence-electron chi connectivity index (χ0n) is 23.0. The third-order valence-electron chi connectivity index (χ3n) is 6.70. The van der Waals surface area contributed by atoms with Crippen LogP contribution in [0.25, 0.3) is 0 Å². The molecule has 1 atom stereocenters. The number of hydrogen-bond acceptors (Lipinski definition) is 2. The maximum absolute atomic E-state index is 13.8. The number of carbonyl (C=O) groups excluding carboxylic acids is 2. The van der Waals surface area contributed by atoms with Crippen molar-refractivity contribution in [1.82, 2.24) is 10.2 Å². The summed E-state index contributed by atoms with van der Waals surface area (Å²) in [7, 11) is 0. The van der Waals surface area contributed by atoms with E-state index in [9.17, 15) is 9.59 Å². The van der Waals surface area contributed by atoms with E-state index in [4.69, 9.17) is 0 Å². The van der Waals surface area contributed by atoms with Gasteiger partial charge in [0, 0.05) is 25.9 Å². The minimum absolute atomic E-state index is 0.00543. The Hall–Kier alpha value is -3.40. The topological polar surface area (TPSA) is 49.4 Å². The second kappa shape index (κ2) is 13.8. The molecule has 37 heavy (non-hydrogen) atoms. The average Bonchev–Trinajstić information content (AvgIpc) is 2.89. The minimum atomic E-state index is -0.585. The number of amides is 2. The first-order chi connectivity index (χ1) is 17.7. The van der Waals surface area contributed by atoms with Gasteiger partial charge in [0.25, 0.3) is 0 Å². The Labute approximate surface area is 223 Å². The lowest BCUT2D eigenvalue weighted by Gasteiger charge is -2.32. The number of nitrogens with one attached hydrogen (secondary N) is 1. The smallest absolute Gasteiger partial charge is 0.243 e. The molecule has 1 unspecified atom stereocenters. The van der Waals surface area contributed by atoms with E-state index >= 15 is 0 Å². The maximum Gasteiger partial charge on any atom is 0.243 e. The van der Waals surface area contributed by atoms with Crippen molar-refractivity contribution in [3.63, 3.8) is 0 Å². The van der Waals surface area contributed by atoms with Gasteiger partial charge in [0.2, 0.25) is 11.8 Å². The van der Waals surface area contributed by atoms with Crippen molar-refractivity contribution >= 4 is 11.8 Å². The van der Waals surface area contributed by atoms with Crippen LogP contribution in [-0.4, -0.2) is 29.3 Å². The number of aryl methyl sites for hydroxylation is 2. The Morgan fingerprint density at radius 3 is 2.00 bits per heavy atom. The quantitative estimate of drug-likeness (QED) is 0.311. The van der Waals surface area contributed by atoms with Crippen LogP contribution in [0, 0.1) is 12.8 Å². The molecule has 4 heteroatoms. The van der Waals surface area contributed by atoms with Crippen LogP contribution in [-0.2, 0) is 29.0 Å². The van der Waals surface area contributed by atoms with E-state index in [1.807, 2.05) is 42.5 Å². The van der Waals surface area contributed by atoms with Gasteiger partial charge in [-0.3, -0.25) is 9.59 Å². The summed E-state index contributed by atoms with van der Waals surface area (Å²) in [5.41, 5.74) is 5.66. The molecule has 3 rings (SSSR count). The van der Waals surface area contributed by atoms with Gasteiger partial charge in [-0.1, -0.05) is 112 Å². The van der Waals surface area contributed by atoms with Crippen LogP contribution in [0.15, 0.2) is 78.9 Å². The van der Waals surface area contributed by atoms with Crippen molar-refractivity contribution in [3.8, 4) is 0 Å². The molecule has 0 saturated carbocycles. The van der Waals surface area contributed by atoms with E-state index in [0.717, 1.165) is 16.7 Å². The first-order valence-electron chi connectivity index (χ1n) is 13.5. The summed E-state index contributed by atoms with van der Waals surface area (Å²) < 4.78 is 0. The summed E-state index contributed by atoms with van der Waals surface area (Å²) in [5.74, 6) is 0.702. The Balaban J connectivity index is 1.86. The maximum atomic E-state index is 13.8. The molecule has 0 aliphatic heterocycles. The van der Waals surface area contributed by atoms with Gasteiger partial charge >= 0.3 is 0 Å². The molecule has 0 radical (unpaired) electrons. The molecule has 196 valence electrons. The molecule has 2 amide bonds. The Morgan fingerprint density at radius 2 is 1.41 bits per heavy atom. The highest BCUT2D eigenvalue weighted by atomic mass is 16.2. The highest BCUT2D eigenvalue weighted by Crippen LogP contribution is 2.19. The third-order valence-corrected chi connectivity index (χ3v) is 6.70. The predicted octanol–water partition coefficient (Wildman–Crippen LogP) is 6.46. The highest BCUT2D eigenvalue weighted by Gasteiger charge is 2.30. The van der Waals surface area contributed by atoms with E-state index in [2.05, 4.69) is 76.3 Å². The molecule has 0 heterocycles. The van der Waals surface area contributed by atoms with Crippen LogP contribution in [0.1, 0.15) is 67.9 Å². The lowest BCUT2D eigenvalue weighted by molar-refractivity contribution is -0.141. The van der Waals surface area contributed by atoms with E-state index < -0.39 is 6.04 Å². The van der Waals surface area contributed by atoms with Crippen molar-refractivity contribution in [2.45, 2.75) is 72.4 Å². The van der Waals surface area contributed by atoms with Gasteiger partial charge in [-0.05, 0) is 47.4 Å². The number of nitrogens with zero attached hydrogens (tertiary/aromatic N) is 1. The van der Waals surface area contributed by atoms with Gasteiger partial charge < -0.3 is 10.2 Å². The van der Waals surface area contributed by atoms with Crippen LogP contribution >= 0.6 is 0 Å². The van der Waals surface area contributed by atoms with Gasteiger partial charge in [0.15, 0.2) is 0 Å². The summed E-state index contributed by atoms with van der Waals surface area (Å²) in [6, 6.07) is 26.1. The molecular weight excluding hydrogens is 456 g/mol. The molecule has 0 fully saturated rings. The number of rotatable bonds is 12. The molecular formula is C33H42N2O2. The Kier molecular flexibility index (Phi) is 10.5. The summed E-state index contributed by atoms with van der Waals surface area (Å²) in [6.07, 6.45) is 1.48. The largest absolute Gasteiger partial charge is 0.354 e. The fourth-order valence-electron chi connectivity index (χ4n) is 4.33. The summed E-state index contributed by atoms with van der Waals surface area (Å²) >= 11 is 0. The average molecular weight is 499 g/mol. The van der Waals surface area contributed by atoms with Gasteiger partial charge in [0.05, 0.1) is 0 Å². The minimum Gasteiger partial charge on any atom is -0.354 e. The number of hydrogen-bond donors (Lipinski definition) is 1. The lowest BCUT2D eigenvalue weighted by atomic mass is 9.99. The third kappa shape index (κ3) is 8.89. The molecule has 3 aromatic rings. The fraction of sp³-hybridized carbons (Fsp3) is 0.394. The van der Waals surface area contributed by atoms with Gasteiger partial charge in [0.1, 0.15) is 6.04 Å². The molecule has 4 nitrogen and oxygen atoms in total. The van der Waals surface area contributed by atoms with E-state index in [1.165, 1.54) is 11.1 Å². The van der Waals surface area contributed by atoms with E-state index in [0.29, 0.717) is 44.2 Å². The zero-order valence-corrected chi connectivity index (χ0v) is 23.0. The van der Waals surface area contributed by atoms with Crippen LogP contribution < -0.4 is 5.32 Å². The second-order valence-electron chi connectivity index (χ2n) is 10.7. The summed E-state index contributed by atoms with van der Waals surface area (Å²) in [6.45, 7) is 11.5. The highest BCUT2D eigenvalue weighted by molar-refractivity contribution is 5.88. The first kappa shape index (κ1) is 28.2. The molecule has 0 aromatic heterocycles. The van der Waals surface area contributed by atoms with Crippen molar-refractivity contribution in [1.29, 1.82) is 0 Å². The van der Waals surface area contributed by atoms with Crippen molar-refractivity contribution in [2.24, 2.45) is 5.92 Å². The van der Waals surface area contributed by atoms with Gasteiger partial charge in [-0.25, -0.2) is 0 Å². The zero-order chi connectivity index (χ0) is 26.8. The molecule has 0 saturated heterocycles. The molecule has 0 aliphatic carbocycles. The Bertz CT molecular complexity index is 1120. The van der Waals surface area contributed by atoms with Crippen molar-refractivity contribution < 1.29 is 9.59 Å². The van der Waals surface area contributed by atoms with Crippen molar-refractivity contribution in [3.05, 3.63) is 107 Å². The summed E-state index contributed by atoms with van der Waals surface area (Å²) in [4.78, 5) is 29.1. The Morgan fingerprint density at radius 1 is 0.784 bits per heavy atom. The van der Waals surface area contributed by atoms with E-state index in [-0.39, 0.29) is 11.8 Å². The van der Waals surface area contributed by atoms with Crippen LogP contribution in [0.5, 0.6) is 0 Å². The molecule has 0 aliphatic rings. The summed E-state index contributed by atoms with van der Waals surface area (Å²) in [5, 5.41) is 3.09. The first-order valence-corrected chi connectivity index (χ1v) is 13.5. The predicted molar refractivity (Wildman–Crippen MR) is 152 cm³/mol. The van der Waals surface area contributed by atoms with Gasteiger partial charge in [-0.2, -0.15) is 0 Å². The number of carbonyl (C=O) groups is 2.